The lowest BCUT2D eigenvalue weighted by atomic mass is 10.1. The summed E-state index contributed by atoms with van der Waals surface area (Å²) in [5, 5.41) is 7.42. The molecule has 0 aliphatic heterocycles. The van der Waals surface area contributed by atoms with Crippen LogP contribution >= 0.6 is 0 Å². The Hall–Kier alpha value is -5.38. The average molecular weight is 511 g/mol. The number of hydrogen-bond donors (Lipinski definition) is 2. The molecule has 2 N–H and O–H groups in total. The maximum atomic E-state index is 12.0. The van der Waals surface area contributed by atoms with Crippen molar-refractivity contribution in [1.29, 1.82) is 0 Å². The van der Waals surface area contributed by atoms with Crippen molar-refractivity contribution in [1.82, 2.24) is 10.9 Å². The molecule has 0 saturated heterocycles. The van der Waals surface area contributed by atoms with Crippen molar-refractivity contribution in [2.75, 3.05) is 0 Å². The molecule has 4 rings (SSSR count). The van der Waals surface area contributed by atoms with Crippen LogP contribution in [0.4, 0.5) is 0 Å². The van der Waals surface area contributed by atoms with E-state index in [1.54, 1.807) is 72.8 Å². The average Bonchev–Trinajstić information content (AvgIpc) is 3.59. The van der Waals surface area contributed by atoms with Gasteiger partial charge in [0.1, 0.15) is 23.0 Å². The Labute approximate surface area is 217 Å². The summed E-state index contributed by atoms with van der Waals surface area (Å²) in [4.78, 5) is 47.0. The second-order valence-corrected chi connectivity index (χ2v) is 8.08. The van der Waals surface area contributed by atoms with E-state index in [1.165, 1.54) is 26.3 Å². The van der Waals surface area contributed by atoms with Crippen molar-refractivity contribution >= 4 is 35.8 Å². The predicted octanol–water partition coefficient (Wildman–Crippen LogP) is 4.21. The number of Topliss-reactive ketones (excluding diaryl/α,β-unsaturated/α-hetero) is 2. The van der Waals surface area contributed by atoms with Gasteiger partial charge in [-0.1, -0.05) is 36.4 Å². The monoisotopic (exact) mass is 510 g/mol. The van der Waals surface area contributed by atoms with Gasteiger partial charge in [0, 0.05) is 22.3 Å². The molecule has 10 heteroatoms. The summed E-state index contributed by atoms with van der Waals surface area (Å²) in [5.74, 6) is -0.516. The minimum atomic E-state index is -1.04. The molecule has 2 heterocycles. The third kappa shape index (κ3) is 6.43. The Morgan fingerprint density at radius 1 is 0.632 bits per heavy atom. The molecule has 0 aliphatic rings. The van der Waals surface area contributed by atoms with Gasteiger partial charge in [-0.05, 0) is 50.2 Å². The number of nitrogens with one attached hydrogen (secondary N) is 2. The SMILES string of the molecule is CC(=O)c1cccc(-c2ccc(/C=N\NC(=O)C(=O)N/N=C/c3ccc(-c4cccc(C(C)=O)c4)o3)o2)c1. The number of carbonyl (C=O) groups is 4. The molecule has 2 aromatic carbocycles. The van der Waals surface area contributed by atoms with E-state index in [0.717, 1.165) is 0 Å². The van der Waals surface area contributed by atoms with Crippen molar-refractivity contribution in [3.8, 4) is 22.6 Å². The molecule has 0 fully saturated rings. The fraction of sp³-hybridized carbons (Fsp3) is 0.0714. The van der Waals surface area contributed by atoms with E-state index in [2.05, 4.69) is 21.1 Å². The number of rotatable bonds is 8. The number of furan rings is 2. The largest absolute Gasteiger partial charge is 0.455 e. The zero-order chi connectivity index (χ0) is 27.1. The minimum absolute atomic E-state index is 0.0594. The number of amides is 2. The first-order chi connectivity index (χ1) is 18.3. The van der Waals surface area contributed by atoms with Gasteiger partial charge in [-0.25, -0.2) is 10.9 Å². The second kappa shape index (κ2) is 11.6. The number of benzene rings is 2. The second-order valence-electron chi connectivity index (χ2n) is 8.08. The first-order valence-electron chi connectivity index (χ1n) is 11.4. The molecule has 38 heavy (non-hydrogen) atoms. The van der Waals surface area contributed by atoms with Crippen molar-refractivity contribution < 1.29 is 28.0 Å². The van der Waals surface area contributed by atoms with Gasteiger partial charge in [-0.2, -0.15) is 10.2 Å². The number of ketones is 2. The quantitative estimate of drug-likeness (QED) is 0.157. The molecule has 0 atom stereocenters. The number of carbonyl (C=O) groups excluding carboxylic acids is 4. The summed E-state index contributed by atoms with van der Waals surface area (Å²) in [5.41, 5.74) is 6.71. The number of hydrazone groups is 2. The molecular formula is C28H22N4O6. The van der Waals surface area contributed by atoms with Crippen LogP contribution < -0.4 is 10.9 Å². The molecule has 0 bridgehead atoms. The highest BCUT2D eigenvalue weighted by atomic mass is 16.3. The number of hydrogen-bond acceptors (Lipinski definition) is 8. The lowest BCUT2D eigenvalue weighted by Crippen LogP contribution is -2.35. The zero-order valence-electron chi connectivity index (χ0n) is 20.4. The van der Waals surface area contributed by atoms with Crippen molar-refractivity contribution in [2.45, 2.75) is 13.8 Å². The maximum absolute atomic E-state index is 12.0. The fourth-order valence-electron chi connectivity index (χ4n) is 3.35. The van der Waals surface area contributed by atoms with Gasteiger partial charge in [-0.15, -0.1) is 0 Å². The van der Waals surface area contributed by atoms with Crippen molar-refractivity contribution in [3.63, 3.8) is 0 Å². The Balaban J connectivity index is 1.29. The van der Waals surface area contributed by atoms with Gasteiger partial charge < -0.3 is 8.83 Å². The van der Waals surface area contributed by atoms with Gasteiger partial charge in [0.15, 0.2) is 11.6 Å². The van der Waals surface area contributed by atoms with Crippen LogP contribution in [0.25, 0.3) is 22.6 Å². The third-order valence-corrected chi connectivity index (χ3v) is 5.28. The Bertz CT molecular complexity index is 1460. The predicted molar refractivity (Wildman–Crippen MR) is 140 cm³/mol. The van der Waals surface area contributed by atoms with Crippen LogP contribution in [0.2, 0.25) is 0 Å². The standard InChI is InChI=1S/C28H22N4O6/c1-17(33)19-5-3-7-21(13-19)25-11-9-23(37-25)15-29-31-27(35)28(36)32-30-16-24-10-12-26(38-24)22-8-4-6-20(14-22)18(2)34/h3-16H,1-2H3,(H,31,35)(H,32,36)/b29-15-,30-16+. The molecule has 10 nitrogen and oxygen atoms in total. The van der Waals surface area contributed by atoms with Crippen LogP contribution in [0.5, 0.6) is 0 Å². The van der Waals surface area contributed by atoms with Crippen LogP contribution in [0.15, 0.2) is 91.8 Å². The Morgan fingerprint density at radius 2 is 1.05 bits per heavy atom. The fourth-order valence-corrected chi connectivity index (χ4v) is 3.35. The molecule has 0 spiro atoms. The van der Waals surface area contributed by atoms with E-state index in [1.807, 2.05) is 0 Å². The third-order valence-electron chi connectivity index (χ3n) is 5.28. The molecule has 190 valence electrons. The highest BCUT2D eigenvalue weighted by Crippen LogP contribution is 2.24. The van der Waals surface area contributed by atoms with E-state index in [0.29, 0.717) is 45.3 Å². The summed E-state index contributed by atoms with van der Waals surface area (Å²) in [6, 6.07) is 20.6. The summed E-state index contributed by atoms with van der Waals surface area (Å²) in [7, 11) is 0. The Morgan fingerprint density at radius 3 is 1.45 bits per heavy atom. The number of nitrogens with zero attached hydrogens (tertiary/aromatic N) is 2. The summed E-state index contributed by atoms with van der Waals surface area (Å²) in [6.07, 6.45) is 2.47. The van der Waals surface area contributed by atoms with Gasteiger partial charge in [0.2, 0.25) is 0 Å². The molecule has 4 aromatic rings. The van der Waals surface area contributed by atoms with Crippen LogP contribution in [-0.4, -0.2) is 35.8 Å². The van der Waals surface area contributed by atoms with Crippen LogP contribution in [-0.2, 0) is 9.59 Å². The molecule has 0 saturated carbocycles. The van der Waals surface area contributed by atoms with Crippen LogP contribution in [0.1, 0.15) is 46.1 Å². The highest BCUT2D eigenvalue weighted by Gasteiger charge is 2.12. The first-order valence-corrected chi connectivity index (χ1v) is 11.4. The van der Waals surface area contributed by atoms with Crippen LogP contribution in [0, 0.1) is 0 Å². The highest BCUT2D eigenvalue weighted by molar-refractivity contribution is 6.35. The maximum Gasteiger partial charge on any atom is 0.331 e. The molecule has 2 amide bonds. The lowest BCUT2D eigenvalue weighted by Gasteiger charge is -2.00. The lowest BCUT2D eigenvalue weighted by molar-refractivity contribution is -0.139. The minimum Gasteiger partial charge on any atom is -0.455 e. The van der Waals surface area contributed by atoms with Crippen LogP contribution in [0.3, 0.4) is 0 Å². The van der Waals surface area contributed by atoms with Gasteiger partial charge in [0.25, 0.3) is 0 Å². The summed E-state index contributed by atoms with van der Waals surface area (Å²) in [6.45, 7) is 2.96. The zero-order valence-corrected chi connectivity index (χ0v) is 20.4. The van der Waals surface area contributed by atoms with Gasteiger partial charge in [0.05, 0.1) is 12.4 Å². The molecule has 0 unspecified atom stereocenters. The Kier molecular flexibility index (Phi) is 7.83. The van der Waals surface area contributed by atoms with Gasteiger partial charge >= 0.3 is 11.8 Å². The van der Waals surface area contributed by atoms with Gasteiger partial charge in [-0.3, -0.25) is 19.2 Å². The van der Waals surface area contributed by atoms with E-state index in [4.69, 9.17) is 8.83 Å². The molecule has 0 aliphatic carbocycles. The van der Waals surface area contributed by atoms with E-state index < -0.39 is 11.8 Å². The van der Waals surface area contributed by atoms with Crippen molar-refractivity contribution in [2.24, 2.45) is 10.2 Å². The topological polar surface area (TPSA) is 143 Å². The van der Waals surface area contributed by atoms with E-state index in [9.17, 15) is 19.2 Å². The smallest absolute Gasteiger partial charge is 0.331 e. The summed E-state index contributed by atoms with van der Waals surface area (Å²) < 4.78 is 11.3. The van der Waals surface area contributed by atoms with Crippen molar-refractivity contribution in [3.05, 3.63) is 95.4 Å². The molecule has 0 radical (unpaired) electrons. The summed E-state index contributed by atoms with van der Waals surface area (Å²) >= 11 is 0. The first kappa shape index (κ1) is 25.7. The van der Waals surface area contributed by atoms with E-state index in [-0.39, 0.29) is 11.6 Å². The molecule has 2 aromatic heterocycles. The molecular weight excluding hydrogens is 488 g/mol. The normalized spacial score (nSPS) is 11.1. The van der Waals surface area contributed by atoms with E-state index >= 15 is 0 Å².